The molecule has 1 aromatic carbocycles. The van der Waals surface area contributed by atoms with Crippen LogP contribution in [0.5, 0.6) is 0 Å². The number of hydrogen-bond donors (Lipinski definition) is 2. The summed E-state index contributed by atoms with van der Waals surface area (Å²) in [6.07, 6.45) is 6.64. The highest BCUT2D eigenvalue weighted by molar-refractivity contribution is 9.10. The van der Waals surface area contributed by atoms with E-state index in [-0.39, 0.29) is 5.91 Å². The third-order valence-corrected chi connectivity index (χ3v) is 3.03. The molecule has 1 heterocycles. The normalized spacial score (nSPS) is 10.7. The van der Waals surface area contributed by atoms with Crippen LogP contribution in [0.25, 0.3) is 6.08 Å². The number of hydrogen-bond acceptors (Lipinski definition) is 2. The molecule has 0 atom stereocenters. The first-order chi connectivity index (χ1) is 8.75. The van der Waals surface area contributed by atoms with E-state index in [1.165, 1.54) is 6.08 Å². The number of H-pyrrole nitrogens is 1. The fraction of sp³-hybridized carbons (Fsp3) is 0.0769. The standard InChI is InChI=1S/C13H12BrN3O/c14-11-4-2-1-3-10(11)5-6-13(18)17-9-12-15-7-8-16-12/h1-8H,9H2,(H,15,16)(H,17,18). The Morgan fingerprint density at radius 3 is 3.00 bits per heavy atom. The van der Waals surface area contributed by atoms with Crippen LogP contribution < -0.4 is 5.32 Å². The van der Waals surface area contributed by atoms with Crippen molar-refractivity contribution in [1.29, 1.82) is 0 Å². The molecule has 0 aliphatic heterocycles. The van der Waals surface area contributed by atoms with Crippen molar-refractivity contribution >= 4 is 27.9 Å². The molecule has 18 heavy (non-hydrogen) atoms. The molecule has 2 rings (SSSR count). The van der Waals surface area contributed by atoms with Crippen LogP contribution >= 0.6 is 15.9 Å². The second-order valence-corrected chi connectivity index (χ2v) is 4.46. The first kappa shape index (κ1) is 12.6. The number of rotatable bonds is 4. The topological polar surface area (TPSA) is 57.8 Å². The van der Waals surface area contributed by atoms with Crippen LogP contribution in [0.3, 0.4) is 0 Å². The van der Waals surface area contributed by atoms with Gasteiger partial charge >= 0.3 is 0 Å². The molecule has 0 aliphatic carbocycles. The van der Waals surface area contributed by atoms with Crippen LogP contribution in [-0.2, 0) is 11.3 Å². The van der Waals surface area contributed by atoms with Crippen LogP contribution in [-0.4, -0.2) is 15.9 Å². The smallest absolute Gasteiger partial charge is 0.244 e. The number of nitrogens with zero attached hydrogens (tertiary/aromatic N) is 1. The SMILES string of the molecule is O=C(C=Cc1ccccc1Br)NCc1ncc[nH]1. The van der Waals surface area contributed by atoms with E-state index >= 15 is 0 Å². The van der Waals surface area contributed by atoms with Gasteiger partial charge in [0.15, 0.2) is 0 Å². The van der Waals surface area contributed by atoms with Crippen LogP contribution in [0, 0.1) is 0 Å². The fourth-order valence-electron chi connectivity index (χ4n) is 1.40. The van der Waals surface area contributed by atoms with Gasteiger partial charge in [-0.15, -0.1) is 0 Å². The predicted molar refractivity (Wildman–Crippen MR) is 73.6 cm³/mol. The van der Waals surface area contributed by atoms with E-state index in [0.29, 0.717) is 6.54 Å². The van der Waals surface area contributed by atoms with Gasteiger partial charge in [-0.3, -0.25) is 4.79 Å². The van der Waals surface area contributed by atoms with Crippen molar-refractivity contribution in [2.24, 2.45) is 0 Å². The van der Waals surface area contributed by atoms with Crippen LogP contribution in [0.4, 0.5) is 0 Å². The lowest BCUT2D eigenvalue weighted by atomic mass is 10.2. The third kappa shape index (κ3) is 3.56. The van der Waals surface area contributed by atoms with Crippen LogP contribution in [0.1, 0.15) is 11.4 Å². The summed E-state index contributed by atoms with van der Waals surface area (Å²) in [5, 5.41) is 2.74. The fourth-order valence-corrected chi connectivity index (χ4v) is 1.82. The Morgan fingerprint density at radius 1 is 1.44 bits per heavy atom. The van der Waals surface area contributed by atoms with Crippen LogP contribution in [0.15, 0.2) is 47.2 Å². The maximum Gasteiger partial charge on any atom is 0.244 e. The quantitative estimate of drug-likeness (QED) is 0.853. The van der Waals surface area contributed by atoms with Gasteiger partial charge in [0.25, 0.3) is 0 Å². The Kier molecular flexibility index (Phi) is 4.30. The average molecular weight is 306 g/mol. The molecule has 0 aliphatic rings. The summed E-state index contributed by atoms with van der Waals surface area (Å²) in [7, 11) is 0. The molecule has 1 aromatic heterocycles. The molecular weight excluding hydrogens is 294 g/mol. The minimum absolute atomic E-state index is 0.151. The lowest BCUT2D eigenvalue weighted by Crippen LogP contribution is -2.20. The monoisotopic (exact) mass is 305 g/mol. The molecular formula is C13H12BrN3O. The van der Waals surface area contributed by atoms with Gasteiger partial charge in [-0.25, -0.2) is 4.98 Å². The lowest BCUT2D eigenvalue weighted by molar-refractivity contribution is -0.116. The number of carbonyl (C=O) groups is 1. The maximum absolute atomic E-state index is 11.6. The van der Waals surface area contributed by atoms with Gasteiger partial charge in [-0.1, -0.05) is 34.1 Å². The summed E-state index contributed by atoms with van der Waals surface area (Å²) in [6.45, 7) is 0.395. The lowest BCUT2D eigenvalue weighted by Gasteiger charge is -1.99. The number of aromatic nitrogens is 2. The van der Waals surface area contributed by atoms with E-state index in [1.807, 2.05) is 24.3 Å². The van der Waals surface area contributed by atoms with Crippen molar-refractivity contribution < 1.29 is 4.79 Å². The van der Waals surface area contributed by atoms with Crippen molar-refractivity contribution in [1.82, 2.24) is 15.3 Å². The van der Waals surface area contributed by atoms with Gasteiger partial charge in [0, 0.05) is 22.9 Å². The number of halogens is 1. The molecule has 0 saturated heterocycles. The van der Waals surface area contributed by atoms with Gasteiger partial charge in [0.2, 0.25) is 5.91 Å². The van der Waals surface area contributed by atoms with E-state index in [9.17, 15) is 4.79 Å². The number of amides is 1. The van der Waals surface area contributed by atoms with E-state index in [1.54, 1.807) is 18.5 Å². The van der Waals surface area contributed by atoms with Gasteiger partial charge in [0.05, 0.1) is 6.54 Å². The summed E-state index contributed by atoms with van der Waals surface area (Å²) in [5.41, 5.74) is 0.964. The predicted octanol–water partition coefficient (Wildman–Crippen LogP) is 2.50. The molecule has 2 N–H and O–H groups in total. The van der Waals surface area contributed by atoms with Crippen LogP contribution in [0.2, 0.25) is 0 Å². The molecule has 0 saturated carbocycles. The maximum atomic E-state index is 11.6. The summed E-state index contributed by atoms with van der Waals surface area (Å²) in [5.74, 6) is 0.583. The van der Waals surface area contributed by atoms with E-state index in [0.717, 1.165) is 15.9 Å². The summed E-state index contributed by atoms with van der Waals surface area (Å²) in [6, 6.07) is 7.71. The molecule has 0 spiro atoms. The van der Waals surface area contributed by atoms with E-state index in [4.69, 9.17) is 0 Å². The van der Waals surface area contributed by atoms with Crippen molar-refractivity contribution in [3.05, 3.63) is 58.6 Å². The van der Waals surface area contributed by atoms with Crippen molar-refractivity contribution in [2.45, 2.75) is 6.54 Å². The Balaban J connectivity index is 1.89. The molecule has 5 heteroatoms. The van der Waals surface area contributed by atoms with Crippen molar-refractivity contribution in [3.63, 3.8) is 0 Å². The van der Waals surface area contributed by atoms with Gasteiger partial charge < -0.3 is 10.3 Å². The van der Waals surface area contributed by atoms with Gasteiger partial charge in [-0.2, -0.15) is 0 Å². The highest BCUT2D eigenvalue weighted by Crippen LogP contribution is 2.16. The second-order valence-electron chi connectivity index (χ2n) is 3.61. The molecule has 92 valence electrons. The Hall–Kier alpha value is -1.88. The largest absolute Gasteiger partial charge is 0.347 e. The summed E-state index contributed by atoms with van der Waals surface area (Å²) >= 11 is 3.42. The first-order valence-electron chi connectivity index (χ1n) is 5.44. The van der Waals surface area contributed by atoms with E-state index < -0.39 is 0 Å². The third-order valence-electron chi connectivity index (χ3n) is 2.30. The molecule has 0 bridgehead atoms. The second kappa shape index (κ2) is 6.16. The summed E-state index contributed by atoms with van der Waals surface area (Å²) in [4.78, 5) is 18.5. The summed E-state index contributed by atoms with van der Waals surface area (Å²) < 4.78 is 0.958. The average Bonchev–Trinajstić information content (AvgIpc) is 2.88. The molecule has 0 fully saturated rings. The number of carbonyl (C=O) groups excluding carboxylic acids is 1. The number of nitrogens with one attached hydrogen (secondary N) is 2. The van der Waals surface area contributed by atoms with Crippen molar-refractivity contribution in [3.8, 4) is 0 Å². The highest BCUT2D eigenvalue weighted by Gasteiger charge is 1.99. The number of benzene rings is 1. The molecule has 1 amide bonds. The molecule has 4 nitrogen and oxygen atoms in total. The van der Waals surface area contributed by atoms with Gasteiger partial charge in [-0.05, 0) is 17.7 Å². The number of imidazole rings is 1. The molecule has 0 radical (unpaired) electrons. The highest BCUT2D eigenvalue weighted by atomic mass is 79.9. The Labute approximate surface area is 113 Å². The minimum Gasteiger partial charge on any atom is -0.347 e. The zero-order chi connectivity index (χ0) is 12.8. The number of aromatic amines is 1. The van der Waals surface area contributed by atoms with Gasteiger partial charge in [0.1, 0.15) is 5.82 Å². The van der Waals surface area contributed by atoms with Crippen molar-refractivity contribution in [2.75, 3.05) is 0 Å². The minimum atomic E-state index is -0.151. The van der Waals surface area contributed by atoms with E-state index in [2.05, 4.69) is 31.2 Å². The Morgan fingerprint density at radius 2 is 2.28 bits per heavy atom. The zero-order valence-corrected chi connectivity index (χ0v) is 11.1. The molecule has 0 unspecified atom stereocenters. The first-order valence-corrected chi connectivity index (χ1v) is 6.24. The Bertz CT molecular complexity index is 549. The molecule has 2 aromatic rings. The zero-order valence-electron chi connectivity index (χ0n) is 9.56.